The minimum absolute atomic E-state index is 0.228. The Labute approximate surface area is 160 Å². The van der Waals surface area contributed by atoms with Crippen molar-refractivity contribution in [3.05, 3.63) is 41.4 Å². The van der Waals surface area contributed by atoms with Gasteiger partial charge in [0.15, 0.2) is 6.61 Å². The molecule has 0 aliphatic rings. The van der Waals surface area contributed by atoms with E-state index in [0.717, 1.165) is 12.1 Å². The SMILES string of the molecule is CCCNC(=O)NC(=O)COC(=O)c1cccnc1SCc1cc(C)on1. The van der Waals surface area contributed by atoms with Gasteiger partial charge in [-0.05, 0) is 25.5 Å². The van der Waals surface area contributed by atoms with E-state index in [4.69, 9.17) is 9.26 Å². The van der Waals surface area contributed by atoms with E-state index in [-0.39, 0.29) is 5.56 Å². The first-order valence-electron chi connectivity index (χ1n) is 8.24. The van der Waals surface area contributed by atoms with E-state index < -0.39 is 24.5 Å². The summed E-state index contributed by atoms with van der Waals surface area (Å²) in [5.74, 6) is -0.258. The predicted octanol–water partition coefficient (Wildman–Crippen LogP) is 2.06. The topological polar surface area (TPSA) is 123 Å². The molecule has 2 aromatic heterocycles. The van der Waals surface area contributed by atoms with E-state index in [1.165, 1.54) is 11.8 Å². The number of carbonyl (C=O) groups is 3. The molecule has 27 heavy (non-hydrogen) atoms. The number of nitrogens with one attached hydrogen (secondary N) is 2. The van der Waals surface area contributed by atoms with Gasteiger partial charge in [0, 0.05) is 24.6 Å². The Bertz CT molecular complexity index is 808. The van der Waals surface area contributed by atoms with E-state index in [1.807, 2.05) is 6.92 Å². The van der Waals surface area contributed by atoms with Gasteiger partial charge in [0.2, 0.25) is 0 Å². The van der Waals surface area contributed by atoms with Crippen LogP contribution in [0.25, 0.3) is 0 Å². The van der Waals surface area contributed by atoms with Crippen LogP contribution < -0.4 is 10.6 Å². The smallest absolute Gasteiger partial charge is 0.341 e. The number of hydrogen-bond acceptors (Lipinski definition) is 8. The van der Waals surface area contributed by atoms with Crippen LogP contribution >= 0.6 is 11.8 Å². The molecule has 0 spiro atoms. The van der Waals surface area contributed by atoms with E-state index in [0.29, 0.717) is 23.1 Å². The normalized spacial score (nSPS) is 10.3. The first-order valence-corrected chi connectivity index (χ1v) is 9.23. The average molecular weight is 392 g/mol. The van der Waals surface area contributed by atoms with Crippen LogP contribution in [0.5, 0.6) is 0 Å². The number of rotatable bonds is 8. The van der Waals surface area contributed by atoms with Crippen molar-refractivity contribution in [1.82, 2.24) is 20.8 Å². The fraction of sp³-hybridized carbons (Fsp3) is 0.353. The molecule has 0 fully saturated rings. The van der Waals surface area contributed by atoms with E-state index in [2.05, 4.69) is 20.8 Å². The highest BCUT2D eigenvalue weighted by Gasteiger charge is 2.17. The lowest BCUT2D eigenvalue weighted by molar-refractivity contribution is -0.123. The number of carbonyl (C=O) groups excluding carboxylic acids is 3. The zero-order chi connectivity index (χ0) is 19.6. The second-order valence-corrected chi connectivity index (χ2v) is 6.42. The number of aromatic nitrogens is 2. The van der Waals surface area contributed by atoms with Crippen LogP contribution in [0.15, 0.2) is 33.9 Å². The molecule has 0 saturated heterocycles. The third-order valence-corrected chi connectivity index (χ3v) is 4.19. The van der Waals surface area contributed by atoms with Gasteiger partial charge in [-0.2, -0.15) is 0 Å². The van der Waals surface area contributed by atoms with Crippen molar-refractivity contribution in [2.75, 3.05) is 13.2 Å². The van der Waals surface area contributed by atoms with Crippen molar-refractivity contribution in [3.63, 3.8) is 0 Å². The molecule has 0 atom stereocenters. The van der Waals surface area contributed by atoms with Gasteiger partial charge in [-0.15, -0.1) is 0 Å². The van der Waals surface area contributed by atoms with Crippen molar-refractivity contribution in [3.8, 4) is 0 Å². The summed E-state index contributed by atoms with van der Waals surface area (Å²) >= 11 is 1.30. The number of nitrogens with zero attached hydrogens (tertiary/aromatic N) is 2. The van der Waals surface area contributed by atoms with Gasteiger partial charge in [0.1, 0.15) is 10.8 Å². The number of urea groups is 1. The first-order chi connectivity index (χ1) is 13.0. The zero-order valence-electron chi connectivity index (χ0n) is 15.0. The molecule has 2 aromatic rings. The highest BCUT2D eigenvalue weighted by atomic mass is 32.2. The fourth-order valence-electron chi connectivity index (χ4n) is 1.94. The van der Waals surface area contributed by atoms with Gasteiger partial charge in [0.05, 0.1) is 11.3 Å². The van der Waals surface area contributed by atoms with Gasteiger partial charge >= 0.3 is 12.0 Å². The standard InChI is InChI=1S/C17H20N4O5S/c1-3-6-19-17(24)20-14(22)9-25-16(23)13-5-4-7-18-15(13)27-10-12-8-11(2)26-21-12/h4-5,7-8H,3,6,9-10H2,1-2H3,(H2,19,20,22,24). The second kappa shape index (κ2) is 10.3. The van der Waals surface area contributed by atoms with Crippen LogP contribution in [-0.4, -0.2) is 41.2 Å². The molecule has 0 aromatic carbocycles. The third-order valence-electron chi connectivity index (χ3n) is 3.15. The van der Waals surface area contributed by atoms with Crippen molar-refractivity contribution < 1.29 is 23.6 Å². The summed E-state index contributed by atoms with van der Waals surface area (Å²) in [6.07, 6.45) is 2.30. The van der Waals surface area contributed by atoms with Gasteiger partial charge in [0.25, 0.3) is 5.91 Å². The lowest BCUT2D eigenvalue weighted by Gasteiger charge is -2.08. The van der Waals surface area contributed by atoms with Gasteiger partial charge in [-0.25, -0.2) is 14.6 Å². The Kier molecular flexibility index (Phi) is 7.80. The molecule has 0 unspecified atom stereocenters. The number of thioether (sulfide) groups is 1. The first kappa shape index (κ1) is 20.4. The minimum atomic E-state index is -0.715. The lowest BCUT2D eigenvalue weighted by Crippen LogP contribution is -2.41. The lowest BCUT2D eigenvalue weighted by atomic mass is 10.3. The maximum atomic E-state index is 12.3. The van der Waals surface area contributed by atoms with Gasteiger partial charge in [-0.1, -0.05) is 23.8 Å². The summed E-state index contributed by atoms with van der Waals surface area (Å²) in [7, 11) is 0. The van der Waals surface area contributed by atoms with Crippen LogP contribution in [0.2, 0.25) is 0 Å². The minimum Gasteiger partial charge on any atom is -0.452 e. The average Bonchev–Trinajstić information content (AvgIpc) is 3.08. The molecule has 10 heteroatoms. The molecule has 0 saturated carbocycles. The maximum absolute atomic E-state index is 12.3. The maximum Gasteiger partial charge on any atom is 0.341 e. The molecule has 2 heterocycles. The summed E-state index contributed by atoms with van der Waals surface area (Å²) in [5.41, 5.74) is 0.950. The molecule has 9 nitrogen and oxygen atoms in total. The number of hydrogen-bond donors (Lipinski definition) is 2. The van der Waals surface area contributed by atoms with E-state index >= 15 is 0 Å². The molecule has 0 aliphatic carbocycles. The molecule has 0 aliphatic heterocycles. The number of pyridine rings is 1. The van der Waals surface area contributed by atoms with Gasteiger partial charge in [-0.3, -0.25) is 10.1 Å². The van der Waals surface area contributed by atoms with Crippen molar-refractivity contribution in [2.45, 2.75) is 31.0 Å². The van der Waals surface area contributed by atoms with Gasteiger partial charge < -0.3 is 14.6 Å². The number of amides is 3. The number of imide groups is 1. The Morgan fingerprint density at radius 2 is 2.15 bits per heavy atom. The molecular formula is C17H20N4O5S. The number of esters is 1. The van der Waals surface area contributed by atoms with Crippen LogP contribution in [0.3, 0.4) is 0 Å². The Hall–Kier alpha value is -2.88. The van der Waals surface area contributed by atoms with Crippen LogP contribution in [0.1, 0.15) is 35.2 Å². The monoisotopic (exact) mass is 392 g/mol. The molecule has 3 amide bonds. The molecule has 0 radical (unpaired) electrons. The zero-order valence-corrected chi connectivity index (χ0v) is 15.8. The summed E-state index contributed by atoms with van der Waals surface area (Å²) in [4.78, 5) is 39.5. The molecular weight excluding hydrogens is 372 g/mol. The highest BCUT2D eigenvalue weighted by molar-refractivity contribution is 7.98. The predicted molar refractivity (Wildman–Crippen MR) is 97.2 cm³/mol. The van der Waals surface area contributed by atoms with Crippen LogP contribution in [-0.2, 0) is 15.3 Å². The fourth-order valence-corrected chi connectivity index (χ4v) is 2.81. The Balaban J connectivity index is 1.88. The molecule has 2 N–H and O–H groups in total. The Morgan fingerprint density at radius 3 is 2.85 bits per heavy atom. The molecule has 144 valence electrons. The number of aryl methyl sites for hydroxylation is 1. The Morgan fingerprint density at radius 1 is 1.33 bits per heavy atom. The van der Waals surface area contributed by atoms with Crippen LogP contribution in [0, 0.1) is 6.92 Å². The van der Waals surface area contributed by atoms with Crippen molar-refractivity contribution in [2.24, 2.45) is 0 Å². The quantitative estimate of drug-likeness (QED) is 0.517. The molecule has 0 bridgehead atoms. The molecule has 2 rings (SSSR count). The summed E-state index contributed by atoms with van der Waals surface area (Å²) in [6, 6.07) is 4.32. The van der Waals surface area contributed by atoms with Crippen molar-refractivity contribution in [1.29, 1.82) is 0 Å². The largest absolute Gasteiger partial charge is 0.452 e. The van der Waals surface area contributed by atoms with Crippen LogP contribution in [0.4, 0.5) is 4.79 Å². The third kappa shape index (κ3) is 6.74. The van der Waals surface area contributed by atoms with Crippen molar-refractivity contribution >= 4 is 29.7 Å². The number of ether oxygens (including phenoxy) is 1. The van der Waals surface area contributed by atoms with E-state index in [9.17, 15) is 14.4 Å². The van der Waals surface area contributed by atoms with E-state index in [1.54, 1.807) is 31.3 Å². The second-order valence-electron chi connectivity index (χ2n) is 5.45. The summed E-state index contributed by atoms with van der Waals surface area (Å²) < 4.78 is 9.97. The summed E-state index contributed by atoms with van der Waals surface area (Å²) in [6.45, 7) is 3.55. The summed E-state index contributed by atoms with van der Waals surface area (Å²) in [5, 5.41) is 8.90. The highest BCUT2D eigenvalue weighted by Crippen LogP contribution is 2.24.